The summed E-state index contributed by atoms with van der Waals surface area (Å²) in [4.78, 5) is 24.6. The Kier molecular flexibility index (Phi) is 7.61. The summed E-state index contributed by atoms with van der Waals surface area (Å²) in [5, 5.41) is 2.86. The van der Waals surface area contributed by atoms with Gasteiger partial charge in [-0.05, 0) is 49.6 Å². The Bertz CT molecular complexity index is 957. The zero-order valence-corrected chi connectivity index (χ0v) is 16.9. The first-order valence-electron chi connectivity index (χ1n) is 9.94. The summed E-state index contributed by atoms with van der Waals surface area (Å²) in [6, 6.07) is 26.0. The van der Waals surface area contributed by atoms with E-state index in [1.165, 1.54) is 5.56 Å². The number of amides is 1. The van der Waals surface area contributed by atoms with Gasteiger partial charge in [-0.15, -0.1) is 0 Å². The van der Waals surface area contributed by atoms with Gasteiger partial charge in [-0.3, -0.25) is 4.79 Å². The molecule has 0 aliphatic heterocycles. The molecule has 0 radical (unpaired) electrons. The van der Waals surface area contributed by atoms with Gasteiger partial charge >= 0.3 is 5.97 Å². The van der Waals surface area contributed by atoms with Crippen molar-refractivity contribution in [1.29, 1.82) is 0 Å². The molecule has 0 aliphatic carbocycles. The first-order valence-corrected chi connectivity index (χ1v) is 9.94. The van der Waals surface area contributed by atoms with Crippen molar-refractivity contribution in [2.45, 2.75) is 25.8 Å². The fourth-order valence-electron chi connectivity index (χ4n) is 2.97. The fraction of sp³-hybridized carbons (Fsp3) is 0.200. The molecular formula is C25H25NO4. The highest BCUT2D eigenvalue weighted by molar-refractivity contribution is 5.94. The Balaban J connectivity index is 1.48. The molecule has 0 bridgehead atoms. The van der Waals surface area contributed by atoms with Crippen LogP contribution in [0.25, 0.3) is 0 Å². The van der Waals surface area contributed by atoms with Gasteiger partial charge < -0.3 is 14.8 Å². The first kappa shape index (κ1) is 21.1. The molecule has 0 spiro atoms. The number of nitrogens with one attached hydrogen (secondary N) is 1. The number of esters is 1. The van der Waals surface area contributed by atoms with Crippen molar-refractivity contribution in [3.63, 3.8) is 0 Å². The maximum Gasteiger partial charge on any atom is 0.342 e. The van der Waals surface area contributed by atoms with Gasteiger partial charge in [0.25, 0.3) is 5.91 Å². The van der Waals surface area contributed by atoms with Crippen LogP contribution in [0.4, 0.5) is 0 Å². The van der Waals surface area contributed by atoms with Gasteiger partial charge in [-0.25, -0.2) is 4.79 Å². The second-order valence-electron chi connectivity index (χ2n) is 6.98. The number of ether oxygens (including phenoxy) is 2. The van der Waals surface area contributed by atoms with Crippen LogP contribution in [0.5, 0.6) is 11.5 Å². The molecule has 0 saturated carbocycles. The normalized spacial score (nSPS) is 11.4. The minimum atomic E-state index is -0.603. The van der Waals surface area contributed by atoms with Crippen molar-refractivity contribution in [2.75, 3.05) is 6.61 Å². The Morgan fingerprint density at radius 1 is 0.867 bits per heavy atom. The van der Waals surface area contributed by atoms with E-state index in [1.54, 1.807) is 36.4 Å². The quantitative estimate of drug-likeness (QED) is 0.523. The zero-order valence-electron chi connectivity index (χ0n) is 16.9. The molecule has 0 heterocycles. The van der Waals surface area contributed by atoms with Gasteiger partial charge in [0.15, 0.2) is 6.61 Å². The topological polar surface area (TPSA) is 64.6 Å². The van der Waals surface area contributed by atoms with E-state index < -0.39 is 5.97 Å². The minimum absolute atomic E-state index is 0.0230. The predicted octanol–water partition coefficient (Wildman–Crippen LogP) is 4.77. The molecule has 5 heteroatoms. The number of aryl methyl sites for hydroxylation is 1. The van der Waals surface area contributed by atoms with Gasteiger partial charge in [0.2, 0.25) is 0 Å². The summed E-state index contributed by atoms with van der Waals surface area (Å²) in [6.07, 6.45) is 1.67. The van der Waals surface area contributed by atoms with Gasteiger partial charge in [-0.2, -0.15) is 0 Å². The summed E-state index contributed by atoms with van der Waals surface area (Å²) in [5.74, 6) is 0.0621. The number of carbonyl (C=O) groups is 2. The fourth-order valence-corrected chi connectivity index (χ4v) is 2.97. The summed E-state index contributed by atoms with van der Waals surface area (Å²) in [6.45, 7) is 1.60. The molecule has 1 atom stereocenters. The highest BCUT2D eigenvalue weighted by atomic mass is 16.5. The SMILES string of the molecule is C[C@H](CCc1ccccc1)NC(=O)COC(=O)c1ccccc1Oc1ccccc1. The van der Waals surface area contributed by atoms with Crippen molar-refractivity contribution < 1.29 is 19.1 Å². The Morgan fingerprint density at radius 2 is 1.50 bits per heavy atom. The van der Waals surface area contributed by atoms with Crippen LogP contribution in [0.3, 0.4) is 0 Å². The molecule has 3 rings (SSSR count). The summed E-state index contributed by atoms with van der Waals surface area (Å²) in [7, 11) is 0. The molecule has 0 unspecified atom stereocenters. The number of carbonyl (C=O) groups excluding carboxylic acids is 2. The summed E-state index contributed by atoms with van der Waals surface area (Å²) < 4.78 is 11.0. The van der Waals surface area contributed by atoms with Gasteiger partial charge in [-0.1, -0.05) is 60.7 Å². The van der Waals surface area contributed by atoms with Crippen LogP contribution >= 0.6 is 0 Å². The van der Waals surface area contributed by atoms with Crippen LogP contribution in [0.15, 0.2) is 84.9 Å². The third kappa shape index (κ3) is 6.48. The standard InChI is InChI=1S/C25H25NO4/c1-19(16-17-20-10-4-2-5-11-20)26-24(27)18-29-25(28)22-14-8-9-15-23(22)30-21-12-6-3-7-13-21/h2-15,19H,16-18H2,1H3,(H,26,27)/t19-/m1/s1. The first-order chi connectivity index (χ1) is 14.6. The molecule has 1 amide bonds. The molecule has 0 aliphatic rings. The van der Waals surface area contributed by atoms with Crippen molar-refractivity contribution in [2.24, 2.45) is 0 Å². The van der Waals surface area contributed by atoms with E-state index in [0.717, 1.165) is 12.8 Å². The van der Waals surface area contributed by atoms with Crippen molar-refractivity contribution in [3.05, 3.63) is 96.1 Å². The van der Waals surface area contributed by atoms with Gasteiger partial charge in [0.05, 0.1) is 0 Å². The number of para-hydroxylation sites is 2. The van der Waals surface area contributed by atoms with Crippen LogP contribution in [0.2, 0.25) is 0 Å². The van der Waals surface area contributed by atoms with Gasteiger partial charge in [0, 0.05) is 6.04 Å². The highest BCUT2D eigenvalue weighted by Crippen LogP contribution is 2.25. The van der Waals surface area contributed by atoms with E-state index in [-0.39, 0.29) is 24.1 Å². The van der Waals surface area contributed by atoms with E-state index >= 15 is 0 Å². The van der Waals surface area contributed by atoms with Crippen molar-refractivity contribution >= 4 is 11.9 Å². The van der Waals surface area contributed by atoms with Crippen molar-refractivity contribution in [3.8, 4) is 11.5 Å². The maximum atomic E-state index is 12.5. The Labute approximate surface area is 176 Å². The number of hydrogen-bond acceptors (Lipinski definition) is 4. The number of benzene rings is 3. The third-order valence-electron chi connectivity index (χ3n) is 4.53. The van der Waals surface area contributed by atoms with Crippen LogP contribution in [-0.2, 0) is 16.0 Å². The molecule has 154 valence electrons. The molecule has 3 aromatic carbocycles. The lowest BCUT2D eigenvalue weighted by atomic mass is 10.1. The average Bonchev–Trinajstić information content (AvgIpc) is 2.78. The van der Waals surface area contributed by atoms with Crippen LogP contribution in [-0.4, -0.2) is 24.5 Å². The van der Waals surface area contributed by atoms with Crippen LogP contribution < -0.4 is 10.1 Å². The predicted molar refractivity (Wildman–Crippen MR) is 116 cm³/mol. The van der Waals surface area contributed by atoms with Gasteiger partial charge in [0.1, 0.15) is 17.1 Å². The number of rotatable bonds is 9. The smallest absolute Gasteiger partial charge is 0.342 e. The van der Waals surface area contributed by atoms with E-state index in [0.29, 0.717) is 11.5 Å². The van der Waals surface area contributed by atoms with E-state index in [4.69, 9.17) is 9.47 Å². The monoisotopic (exact) mass is 403 g/mol. The van der Waals surface area contributed by atoms with E-state index in [2.05, 4.69) is 17.4 Å². The van der Waals surface area contributed by atoms with Crippen LogP contribution in [0, 0.1) is 0 Å². The second-order valence-corrected chi connectivity index (χ2v) is 6.98. The largest absolute Gasteiger partial charge is 0.456 e. The lowest BCUT2D eigenvalue weighted by Gasteiger charge is -2.14. The molecular weight excluding hydrogens is 378 g/mol. The summed E-state index contributed by atoms with van der Waals surface area (Å²) in [5.41, 5.74) is 1.49. The van der Waals surface area contributed by atoms with E-state index in [9.17, 15) is 9.59 Å². The molecule has 30 heavy (non-hydrogen) atoms. The molecule has 5 nitrogen and oxygen atoms in total. The molecule has 0 fully saturated rings. The van der Waals surface area contributed by atoms with E-state index in [1.807, 2.05) is 43.3 Å². The second kappa shape index (κ2) is 10.8. The lowest BCUT2D eigenvalue weighted by Crippen LogP contribution is -2.36. The zero-order chi connectivity index (χ0) is 21.2. The number of hydrogen-bond donors (Lipinski definition) is 1. The van der Waals surface area contributed by atoms with Crippen molar-refractivity contribution in [1.82, 2.24) is 5.32 Å². The third-order valence-corrected chi connectivity index (χ3v) is 4.53. The summed E-state index contributed by atoms with van der Waals surface area (Å²) >= 11 is 0. The lowest BCUT2D eigenvalue weighted by molar-refractivity contribution is -0.124. The molecule has 1 N–H and O–H groups in total. The molecule has 0 saturated heterocycles. The Morgan fingerprint density at radius 3 is 2.23 bits per heavy atom. The van der Waals surface area contributed by atoms with Crippen LogP contribution in [0.1, 0.15) is 29.3 Å². The highest BCUT2D eigenvalue weighted by Gasteiger charge is 2.16. The maximum absolute atomic E-state index is 12.5. The molecule has 3 aromatic rings. The molecule has 0 aromatic heterocycles. The average molecular weight is 403 g/mol. The minimum Gasteiger partial charge on any atom is -0.456 e. The Hall–Kier alpha value is -3.60.